The highest BCUT2D eigenvalue weighted by Crippen LogP contribution is 2.21. The van der Waals surface area contributed by atoms with E-state index < -0.39 is 6.10 Å². The third kappa shape index (κ3) is 2.80. The van der Waals surface area contributed by atoms with E-state index in [1.807, 2.05) is 17.7 Å². The smallest absolute Gasteiger partial charge is 0.290 e. The van der Waals surface area contributed by atoms with Crippen LogP contribution in [0.2, 0.25) is 0 Å². The zero-order chi connectivity index (χ0) is 18.3. The second-order valence-corrected chi connectivity index (χ2v) is 6.41. The van der Waals surface area contributed by atoms with Crippen molar-refractivity contribution in [2.75, 3.05) is 6.54 Å². The first-order valence-electron chi connectivity index (χ1n) is 8.63. The maximum atomic E-state index is 12.8. The van der Waals surface area contributed by atoms with Crippen molar-refractivity contribution < 1.29 is 14.3 Å². The van der Waals surface area contributed by atoms with Crippen LogP contribution in [0.15, 0.2) is 45.6 Å². The number of carbonyl (C=O) groups excluding carboxylic acids is 1. The Kier molecular flexibility index (Phi) is 4.08. The summed E-state index contributed by atoms with van der Waals surface area (Å²) in [6, 6.07) is 9.95. The van der Waals surface area contributed by atoms with Crippen LogP contribution in [0.4, 0.5) is 0 Å². The van der Waals surface area contributed by atoms with Crippen LogP contribution in [0, 0.1) is 0 Å². The van der Waals surface area contributed by atoms with Crippen LogP contribution in [0.1, 0.15) is 41.4 Å². The van der Waals surface area contributed by atoms with E-state index in [-0.39, 0.29) is 17.1 Å². The van der Waals surface area contributed by atoms with Crippen molar-refractivity contribution in [3.63, 3.8) is 0 Å². The summed E-state index contributed by atoms with van der Waals surface area (Å²) in [7, 11) is 0. The molecule has 1 amide bonds. The lowest BCUT2D eigenvalue weighted by molar-refractivity contribution is 0.0674. The van der Waals surface area contributed by atoms with Crippen molar-refractivity contribution in [1.82, 2.24) is 14.7 Å². The van der Waals surface area contributed by atoms with Crippen molar-refractivity contribution in [3.8, 4) is 0 Å². The van der Waals surface area contributed by atoms with Crippen molar-refractivity contribution in [2.24, 2.45) is 0 Å². The van der Waals surface area contributed by atoms with Crippen LogP contribution in [0.3, 0.4) is 0 Å². The molecule has 7 heteroatoms. The number of para-hydroxylation sites is 1. The number of benzene rings is 1. The number of hydrogen-bond acceptors (Lipinski definition) is 5. The summed E-state index contributed by atoms with van der Waals surface area (Å²) in [6.07, 6.45) is -0.0165. The molecule has 1 aromatic carbocycles. The van der Waals surface area contributed by atoms with Gasteiger partial charge in [0.1, 0.15) is 5.58 Å². The summed E-state index contributed by atoms with van der Waals surface area (Å²) in [5, 5.41) is 14.8. The molecule has 0 fully saturated rings. The lowest BCUT2D eigenvalue weighted by Gasteiger charge is -2.27. The van der Waals surface area contributed by atoms with Crippen LogP contribution in [0.25, 0.3) is 11.0 Å². The number of aliphatic hydroxyl groups excluding tert-OH is 1. The Morgan fingerprint density at radius 2 is 2.12 bits per heavy atom. The molecule has 134 valence electrons. The molecule has 2 aromatic heterocycles. The molecule has 0 aliphatic carbocycles. The molecule has 1 N–H and O–H groups in total. The summed E-state index contributed by atoms with van der Waals surface area (Å²) in [6.45, 7) is 3.25. The van der Waals surface area contributed by atoms with Gasteiger partial charge in [0.2, 0.25) is 0 Å². The molecule has 0 unspecified atom stereocenters. The van der Waals surface area contributed by atoms with E-state index in [9.17, 15) is 14.7 Å². The van der Waals surface area contributed by atoms with Gasteiger partial charge in [-0.1, -0.05) is 19.1 Å². The quantitative estimate of drug-likeness (QED) is 0.779. The molecule has 0 saturated carbocycles. The summed E-state index contributed by atoms with van der Waals surface area (Å²) in [5.41, 5.74) is 1.65. The predicted molar refractivity (Wildman–Crippen MR) is 94.7 cm³/mol. The second kappa shape index (κ2) is 6.42. The molecule has 0 bridgehead atoms. The summed E-state index contributed by atoms with van der Waals surface area (Å²) in [4.78, 5) is 26.7. The lowest BCUT2D eigenvalue weighted by atomic mass is 10.2. The van der Waals surface area contributed by atoms with E-state index in [0.717, 1.165) is 5.69 Å². The first kappa shape index (κ1) is 16.5. The maximum Gasteiger partial charge on any atom is 0.290 e. The topological polar surface area (TPSA) is 88.6 Å². The molecule has 3 aromatic rings. The van der Waals surface area contributed by atoms with Gasteiger partial charge < -0.3 is 14.4 Å². The molecule has 0 radical (unpaired) electrons. The molecule has 0 saturated heterocycles. The Morgan fingerprint density at radius 3 is 2.92 bits per heavy atom. The Labute approximate surface area is 149 Å². The molecule has 1 aliphatic rings. The van der Waals surface area contributed by atoms with Gasteiger partial charge in [-0.05, 0) is 24.6 Å². The van der Waals surface area contributed by atoms with Gasteiger partial charge in [0.15, 0.2) is 11.2 Å². The van der Waals surface area contributed by atoms with E-state index in [2.05, 4.69) is 5.10 Å². The first-order chi connectivity index (χ1) is 12.6. The van der Waals surface area contributed by atoms with Gasteiger partial charge in [-0.3, -0.25) is 14.3 Å². The number of amides is 1. The summed E-state index contributed by atoms with van der Waals surface area (Å²) >= 11 is 0. The fraction of sp³-hybridized carbons (Fsp3) is 0.316. The number of aromatic nitrogens is 2. The normalized spacial score (nSPS) is 15.1. The molecule has 1 atom stereocenters. The average Bonchev–Trinajstić information content (AvgIpc) is 3.10. The predicted octanol–water partition coefficient (Wildman–Crippen LogP) is 2.09. The number of hydrogen-bond donors (Lipinski definition) is 1. The lowest BCUT2D eigenvalue weighted by Crippen LogP contribution is -2.38. The minimum Gasteiger partial charge on any atom is -0.451 e. The molecular weight excluding hydrogens is 334 g/mol. The van der Waals surface area contributed by atoms with Gasteiger partial charge >= 0.3 is 0 Å². The maximum absolute atomic E-state index is 12.8. The van der Waals surface area contributed by atoms with E-state index in [1.54, 1.807) is 29.2 Å². The molecular formula is C19H19N3O4. The molecule has 4 rings (SSSR count). The van der Waals surface area contributed by atoms with Crippen molar-refractivity contribution in [3.05, 3.63) is 63.8 Å². The van der Waals surface area contributed by atoms with Crippen LogP contribution < -0.4 is 5.43 Å². The number of fused-ring (bicyclic) bond motifs is 2. The Hall–Kier alpha value is -2.93. The van der Waals surface area contributed by atoms with E-state index in [0.29, 0.717) is 42.7 Å². The Bertz CT molecular complexity index is 1040. The monoisotopic (exact) mass is 353 g/mol. The molecule has 3 heterocycles. The van der Waals surface area contributed by atoms with E-state index >= 15 is 0 Å². The molecule has 7 nitrogen and oxygen atoms in total. The van der Waals surface area contributed by atoms with Crippen LogP contribution in [-0.4, -0.2) is 32.2 Å². The summed E-state index contributed by atoms with van der Waals surface area (Å²) < 4.78 is 7.47. The zero-order valence-corrected chi connectivity index (χ0v) is 14.4. The van der Waals surface area contributed by atoms with Crippen LogP contribution in [0.5, 0.6) is 0 Å². The Balaban J connectivity index is 1.62. The summed E-state index contributed by atoms with van der Waals surface area (Å²) in [5.74, 6) is -0.284. The third-order valence-corrected chi connectivity index (χ3v) is 4.68. The number of aliphatic hydroxyl groups is 1. The number of rotatable bonds is 3. The largest absolute Gasteiger partial charge is 0.451 e. The minimum absolute atomic E-state index is 0.0375. The van der Waals surface area contributed by atoms with Gasteiger partial charge in [-0.15, -0.1) is 0 Å². The average molecular weight is 353 g/mol. The highest BCUT2D eigenvalue weighted by Gasteiger charge is 2.26. The van der Waals surface area contributed by atoms with Crippen molar-refractivity contribution in [2.45, 2.75) is 32.5 Å². The number of carbonyl (C=O) groups is 1. The van der Waals surface area contributed by atoms with Crippen LogP contribution in [-0.2, 0) is 13.1 Å². The zero-order valence-electron chi connectivity index (χ0n) is 14.4. The fourth-order valence-electron chi connectivity index (χ4n) is 3.20. The third-order valence-electron chi connectivity index (χ3n) is 4.68. The second-order valence-electron chi connectivity index (χ2n) is 6.41. The van der Waals surface area contributed by atoms with Crippen molar-refractivity contribution >= 4 is 16.9 Å². The fourth-order valence-corrected chi connectivity index (χ4v) is 3.20. The van der Waals surface area contributed by atoms with Crippen LogP contribution >= 0.6 is 0 Å². The van der Waals surface area contributed by atoms with Crippen molar-refractivity contribution in [1.29, 1.82) is 0 Å². The minimum atomic E-state index is -0.601. The SMILES string of the molecule is CC[C@@H](O)c1cc2n(n1)CCN(C(=O)c1cc(=O)c3ccccc3o1)C2. The van der Waals surface area contributed by atoms with Gasteiger partial charge in [0.25, 0.3) is 5.91 Å². The van der Waals surface area contributed by atoms with Gasteiger partial charge in [-0.2, -0.15) is 5.10 Å². The van der Waals surface area contributed by atoms with Gasteiger partial charge in [-0.25, -0.2) is 0 Å². The van der Waals surface area contributed by atoms with E-state index in [1.165, 1.54) is 6.07 Å². The molecule has 0 spiro atoms. The molecule has 1 aliphatic heterocycles. The highest BCUT2D eigenvalue weighted by molar-refractivity contribution is 5.93. The first-order valence-corrected chi connectivity index (χ1v) is 8.63. The van der Waals surface area contributed by atoms with Gasteiger partial charge in [0.05, 0.1) is 36.0 Å². The van der Waals surface area contributed by atoms with Gasteiger partial charge in [0, 0.05) is 12.6 Å². The van der Waals surface area contributed by atoms with E-state index in [4.69, 9.17) is 4.42 Å². The standard InChI is InChI=1S/C19H19N3O4/c1-2-15(23)14-9-12-11-21(7-8-22(12)20-14)19(25)18-10-16(24)13-5-3-4-6-17(13)26-18/h3-6,9-10,15,23H,2,7-8,11H2,1H3/t15-/m1/s1. The highest BCUT2D eigenvalue weighted by atomic mass is 16.3. The molecule has 26 heavy (non-hydrogen) atoms. The Morgan fingerprint density at radius 1 is 1.31 bits per heavy atom. The number of nitrogens with zero attached hydrogens (tertiary/aromatic N) is 3.